The van der Waals surface area contributed by atoms with E-state index in [0.717, 1.165) is 40.3 Å². The predicted octanol–water partition coefficient (Wildman–Crippen LogP) is 8.65. The van der Waals surface area contributed by atoms with Crippen molar-refractivity contribution in [3.63, 3.8) is 0 Å². The van der Waals surface area contributed by atoms with Gasteiger partial charge in [-0.2, -0.15) is 0 Å². The Labute approximate surface area is 230 Å². The van der Waals surface area contributed by atoms with Gasteiger partial charge >= 0.3 is 0 Å². The lowest BCUT2D eigenvalue weighted by Gasteiger charge is -2.40. The third kappa shape index (κ3) is 3.97. The van der Waals surface area contributed by atoms with Crippen LogP contribution < -0.4 is 4.90 Å². The van der Waals surface area contributed by atoms with Crippen molar-refractivity contribution in [3.05, 3.63) is 139 Å². The van der Waals surface area contributed by atoms with Gasteiger partial charge in [-0.15, -0.1) is 0 Å². The van der Waals surface area contributed by atoms with Crippen LogP contribution in [-0.2, 0) is 0 Å². The molecule has 0 fully saturated rings. The van der Waals surface area contributed by atoms with Crippen LogP contribution in [0.25, 0.3) is 33.9 Å². The molecule has 2 aliphatic carbocycles. The molecule has 0 amide bonds. The van der Waals surface area contributed by atoms with Gasteiger partial charge in [-0.25, -0.2) is 9.97 Å². The minimum atomic E-state index is -0.117. The van der Waals surface area contributed by atoms with E-state index in [-0.39, 0.29) is 5.54 Å². The van der Waals surface area contributed by atoms with Crippen LogP contribution >= 0.6 is 0 Å². The zero-order chi connectivity index (χ0) is 26.4. The summed E-state index contributed by atoms with van der Waals surface area (Å²) in [5.41, 5.74) is 9.00. The van der Waals surface area contributed by atoms with E-state index in [1.165, 1.54) is 11.4 Å². The number of nitrogens with zero attached hydrogens (tertiary/aromatic N) is 3. The first kappa shape index (κ1) is 23.6. The summed E-state index contributed by atoms with van der Waals surface area (Å²) in [6, 6.07) is 31.6. The van der Waals surface area contributed by atoms with Gasteiger partial charge in [-0.3, -0.25) is 0 Å². The molecule has 190 valence electrons. The average Bonchev–Trinajstić information content (AvgIpc) is 3.27. The summed E-state index contributed by atoms with van der Waals surface area (Å²) in [6.07, 6.45) is 14.9. The van der Waals surface area contributed by atoms with E-state index in [0.29, 0.717) is 11.8 Å². The maximum Gasteiger partial charge on any atom is 0.160 e. The molecule has 0 saturated carbocycles. The van der Waals surface area contributed by atoms with Crippen LogP contribution in [0.5, 0.6) is 0 Å². The van der Waals surface area contributed by atoms with Crippen molar-refractivity contribution in [2.45, 2.75) is 25.8 Å². The largest absolute Gasteiger partial charge is 0.331 e. The topological polar surface area (TPSA) is 29.0 Å². The quantitative estimate of drug-likeness (QED) is 0.278. The van der Waals surface area contributed by atoms with Gasteiger partial charge in [0.25, 0.3) is 0 Å². The molecule has 4 aromatic rings. The van der Waals surface area contributed by atoms with E-state index < -0.39 is 0 Å². The number of aromatic nitrogens is 2. The molecule has 0 saturated heterocycles. The smallest absolute Gasteiger partial charge is 0.160 e. The number of allylic oxidation sites excluding steroid dienone is 4. The zero-order valence-corrected chi connectivity index (χ0v) is 22.3. The molecule has 1 aliphatic heterocycles. The van der Waals surface area contributed by atoms with Crippen LogP contribution in [-0.4, -0.2) is 15.5 Å². The van der Waals surface area contributed by atoms with Gasteiger partial charge in [0, 0.05) is 34.0 Å². The van der Waals surface area contributed by atoms with Crippen molar-refractivity contribution >= 4 is 5.69 Å². The summed E-state index contributed by atoms with van der Waals surface area (Å²) in [6.45, 7) is 4.72. The van der Waals surface area contributed by atoms with Gasteiger partial charge in [-0.1, -0.05) is 98.0 Å². The molecule has 0 radical (unpaired) electrons. The first-order chi connectivity index (χ1) is 19.1. The summed E-state index contributed by atoms with van der Waals surface area (Å²) < 4.78 is 0. The molecule has 0 N–H and O–H groups in total. The molecular weight excluding hydrogens is 474 g/mol. The molecule has 7 rings (SSSR count). The van der Waals surface area contributed by atoms with Gasteiger partial charge < -0.3 is 4.90 Å². The summed E-state index contributed by atoms with van der Waals surface area (Å²) in [7, 11) is 0. The second-order valence-corrected chi connectivity index (χ2v) is 10.9. The normalized spacial score (nSPS) is 23.2. The molecule has 0 bridgehead atoms. The summed E-state index contributed by atoms with van der Waals surface area (Å²) in [5, 5.41) is 0. The van der Waals surface area contributed by atoms with E-state index in [4.69, 9.17) is 9.97 Å². The summed E-state index contributed by atoms with van der Waals surface area (Å²) in [5.74, 6) is 1.66. The highest BCUT2D eigenvalue weighted by atomic mass is 15.2. The Morgan fingerprint density at radius 3 is 2.05 bits per heavy atom. The van der Waals surface area contributed by atoms with Crippen LogP contribution in [0.1, 0.15) is 20.3 Å². The predicted molar refractivity (Wildman–Crippen MR) is 161 cm³/mol. The number of hydrogen-bond donors (Lipinski definition) is 0. The highest BCUT2D eigenvalue weighted by Crippen LogP contribution is 2.52. The summed E-state index contributed by atoms with van der Waals surface area (Å²) >= 11 is 0. The van der Waals surface area contributed by atoms with Crippen molar-refractivity contribution < 1.29 is 0 Å². The number of fused-ring (bicyclic) bond motifs is 2. The highest BCUT2D eigenvalue weighted by molar-refractivity contribution is 5.74. The third-order valence-electron chi connectivity index (χ3n) is 8.38. The van der Waals surface area contributed by atoms with Crippen molar-refractivity contribution in [1.82, 2.24) is 9.97 Å². The van der Waals surface area contributed by atoms with E-state index in [1.54, 1.807) is 5.57 Å². The Kier molecular flexibility index (Phi) is 5.66. The van der Waals surface area contributed by atoms with E-state index in [9.17, 15) is 0 Å². The Morgan fingerprint density at radius 1 is 0.769 bits per heavy atom. The van der Waals surface area contributed by atoms with Crippen LogP contribution in [0, 0.1) is 11.8 Å². The molecule has 3 nitrogen and oxygen atoms in total. The fraction of sp³-hybridized carbons (Fsp3) is 0.167. The van der Waals surface area contributed by atoms with Crippen molar-refractivity contribution in [1.29, 1.82) is 0 Å². The molecule has 1 aromatic heterocycles. The fourth-order valence-corrected chi connectivity index (χ4v) is 6.41. The number of anilines is 1. The molecular formula is C36H31N3. The first-order valence-electron chi connectivity index (χ1n) is 13.8. The molecule has 3 atom stereocenters. The van der Waals surface area contributed by atoms with Gasteiger partial charge in [0.15, 0.2) is 5.82 Å². The molecule has 0 spiro atoms. The van der Waals surface area contributed by atoms with Crippen LogP contribution in [0.3, 0.4) is 0 Å². The monoisotopic (exact) mass is 505 g/mol. The first-order valence-corrected chi connectivity index (χ1v) is 13.8. The highest BCUT2D eigenvalue weighted by Gasteiger charge is 2.49. The molecule has 3 unspecified atom stereocenters. The van der Waals surface area contributed by atoms with E-state index in [2.05, 4.69) is 134 Å². The van der Waals surface area contributed by atoms with E-state index >= 15 is 0 Å². The standard InChI is InChI=1S/C36H31N3/c1-25-12-11-18-33-34(25)30-17-9-10-23-36(30,2)39(33)29-21-19-28(20-22-29)35-37-31(26-13-5-3-6-14-26)24-32(38-35)27-15-7-4-8-16-27/h3-11,13-25,30H,12H2,1-2H3. The second kappa shape index (κ2) is 9.36. The lowest BCUT2D eigenvalue weighted by atomic mass is 9.75. The minimum absolute atomic E-state index is 0.117. The minimum Gasteiger partial charge on any atom is -0.331 e. The molecule has 39 heavy (non-hydrogen) atoms. The second-order valence-electron chi connectivity index (χ2n) is 10.9. The van der Waals surface area contributed by atoms with Crippen molar-refractivity contribution in [2.24, 2.45) is 11.8 Å². The number of rotatable bonds is 4. The molecule has 3 aliphatic rings. The Balaban J connectivity index is 1.31. The lowest BCUT2D eigenvalue weighted by molar-refractivity contribution is 0.466. The van der Waals surface area contributed by atoms with Gasteiger partial charge in [0.05, 0.1) is 16.9 Å². The SMILES string of the molecule is CC1CC=CC2=C1C1C=CC=CC1(C)N2c1ccc(-c2nc(-c3ccccc3)cc(-c3ccccc3)n2)cc1. The van der Waals surface area contributed by atoms with Gasteiger partial charge in [0.2, 0.25) is 0 Å². The summed E-state index contributed by atoms with van der Waals surface area (Å²) in [4.78, 5) is 12.6. The van der Waals surface area contributed by atoms with Crippen LogP contribution in [0.4, 0.5) is 5.69 Å². The van der Waals surface area contributed by atoms with Crippen molar-refractivity contribution in [2.75, 3.05) is 4.90 Å². The molecule has 3 aromatic carbocycles. The lowest BCUT2D eigenvalue weighted by Crippen LogP contribution is -2.45. The maximum atomic E-state index is 5.02. The van der Waals surface area contributed by atoms with Crippen molar-refractivity contribution in [3.8, 4) is 33.9 Å². The molecule has 3 heteroatoms. The van der Waals surface area contributed by atoms with Crippen LogP contribution in [0.15, 0.2) is 139 Å². The number of hydrogen-bond acceptors (Lipinski definition) is 3. The van der Waals surface area contributed by atoms with Gasteiger partial charge in [-0.05, 0) is 61.2 Å². The Bertz CT molecular complexity index is 1590. The van der Waals surface area contributed by atoms with Gasteiger partial charge in [0.1, 0.15) is 0 Å². The third-order valence-corrected chi connectivity index (χ3v) is 8.38. The Hall–Kier alpha value is -4.50. The average molecular weight is 506 g/mol. The van der Waals surface area contributed by atoms with E-state index in [1.807, 2.05) is 12.1 Å². The molecule has 2 heterocycles. The van der Waals surface area contributed by atoms with Crippen LogP contribution in [0.2, 0.25) is 0 Å². The Morgan fingerprint density at radius 2 is 1.41 bits per heavy atom. The fourth-order valence-electron chi connectivity index (χ4n) is 6.41. The zero-order valence-electron chi connectivity index (χ0n) is 22.3. The number of benzene rings is 3. The maximum absolute atomic E-state index is 5.02.